The third kappa shape index (κ3) is 9.54. The van der Waals surface area contributed by atoms with E-state index in [0.29, 0.717) is 35.7 Å². The molecule has 13 nitrogen and oxygen atoms in total. The summed E-state index contributed by atoms with van der Waals surface area (Å²) in [4.78, 5) is 43.3. The quantitative estimate of drug-likeness (QED) is 0.0968. The number of unbranched alkanes of at least 4 members (excludes halogenated alkanes) is 1. The molecule has 14 heteroatoms. The molecule has 3 aromatic rings. The lowest BCUT2D eigenvalue weighted by Crippen LogP contribution is -2.46. The molecule has 0 fully saturated rings. The standard InChI is InChI=1S/C30H34N6O7S/c1-2-3-5-23(32-29(39)33-25(15-28(37)38)21-9-12-26-27(14-21)43-19-42-26)18-41-30(40)36(17-24-6-4-13-44-24)16-20-7-10-22(11-8-20)34-35-31/h4,6-14,23,25H,2-3,5,15-19H2,1H3,(H,37,38)(H2,32,33,39)/t23-,25-/m0/s1. The third-order valence-corrected chi connectivity index (χ3v) is 7.65. The molecule has 3 amide bonds. The number of amides is 3. The molecule has 0 saturated heterocycles. The first-order valence-corrected chi connectivity index (χ1v) is 15.0. The van der Waals surface area contributed by atoms with Crippen LogP contribution in [-0.2, 0) is 22.6 Å². The van der Waals surface area contributed by atoms with E-state index in [-0.39, 0.29) is 26.4 Å². The van der Waals surface area contributed by atoms with Crippen LogP contribution in [-0.4, -0.2) is 47.5 Å². The lowest BCUT2D eigenvalue weighted by atomic mass is 10.0. The van der Waals surface area contributed by atoms with E-state index in [1.54, 1.807) is 47.4 Å². The number of urea groups is 1. The van der Waals surface area contributed by atoms with Crippen molar-refractivity contribution in [3.63, 3.8) is 0 Å². The van der Waals surface area contributed by atoms with Crippen LogP contribution in [0.4, 0.5) is 15.3 Å². The molecule has 0 unspecified atom stereocenters. The van der Waals surface area contributed by atoms with Crippen molar-refractivity contribution in [3.05, 3.63) is 86.4 Å². The number of carbonyl (C=O) groups is 3. The Bertz CT molecular complexity index is 1460. The van der Waals surface area contributed by atoms with E-state index >= 15 is 0 Å². The number of hydrogen-bond donors (Lipinski definition) is 3. The maximum Gasteiger partial charge on any atom is 0.410 e. The summed E-state index contributed by atoms with van der Waals surface area (Å²) in [6.07, 6.45) is 1.30. The highest BCUT2D eigenvalue weighted by Gasteiger charge is 2.24. The van der Waals surface area contributed by atoms with Gasteiger partial charge >= 0.3 is 18.1 Å². The molecule has 44 heavy (non-hydrogen) atoms. The van der Waals surface area contributed by atoms with Gasteiger partial charge in [-0.1, -0.05) is 61.3 Å². The zero-order valence-corrected chi connectivity index (χ0v) is 25.0. The summed E-state index contributed by atoms with van der Waals surface area (Å²) < 4.78 is 16.4. The molecule has 0 spiro atoms. The van der Waals surface area contributed by atoms with E-state index in [9.17, 15) is 19.5 Å². The van der Waals surface area contributed by atoms with Crippen LogP contribution in [0, 0.1) is 0 Å². The second kappa shape index (κ2) is 16.1. The Labute approximate surface area is 258 Å². The van der Waals surface area contributed by atoms with Crippen LogP contribution in [0.3, 0.4) is 0 Å². The van der Waals surface area contributed by atoms with Crippen molar-refractivity contribution in [2.24, 2.45) is 5.11 Å². The topological polar surface area (TPSA) is 175 Å². The molecule has 0 saturated carbocycles. The number of nitrogens with one attached hydrogen (secondary N) is 2. The maximum absolute atomic E-state index is 13.3. The van der Waals surface area contributed by atoms with Gasteiger partial charge in [0.25, 0.3) is 0 Å². The van der Waals surface area contributed by atoms with E-state index < -0.39 is 30.2 Å². The van der Waals surface area contributed by atoms with Gasteiger partial charge in [-0.3, -0.25) is 9.69 Å². The number of nitrogens with zero attached hydrogens (tertiary/aromatic N) is 4. The van der Waals surface area contributed by atoms with Gasteiger partial charge in [0, 0.05) is 22.0 Å². The van der Waals surface area contributed by atoms with Crippen LogP contribution in [0.25, 0.3) is 10.4 Å². The highest BCUT2D eigenvalue weighted by atomic mass is 32.1. The largest absolute Gasteiger partial charge is 0.481 e. The number of rotatable bonds is 15. The Morgan fingerprint density at radius 3 is 2.61 bits per heavy atom. The van der Waals surface area contributed by atoms with Crippen LogP contribution in [0.1, 0.15) is 54.7 Å². The number of aliphatic carboxylic acids is 1. The van der Waals surface area contributed by atoms with Gasteiger partial charge in [0.2, 0.25) is 6.79 Å². The van der Waals surface area contributed by atoms with Gasteiger partial charge < -0.3 is 30.0 Å². The molecule has 0 radical (unpaired) electrons. The third-order valence-electron chi connectivity index (χ3n) is 6.79. The summed E-state index contributed by atoms with van der Waals surface area (Å²) in [6, 6.07) is 13.8. The molecule has 232 valence electrons. The van der Waals surface area contributed by atoms with Gasteiger partial charge in [-0.15, -0.1) is 11.3 Å². The Morgan fingerprint density at radius 2 is 1.91 bits per heavy atom. The number of hydrogen-bond acceptors (Lipinski definition) is 8. The predicted molar refractivity (Wildman–Crippen MR) is 163 cm³/mol. The average Bonchev–Trinajstić information content (AvgIpc) is 3.70. The van der Waals surface area contributed by atoms with Gasteiger partial charge in [-0.25, -0.2) is 9.59 Å². The minimum absolute atomic E-state index is 0.0720. The second-order valence-electron chi connectivity index (χ2n) is 10.1. The maximum atomic E-state index is 13.3. The minimum Gasteiger partial charge on any atom is -0.481 e. The van der Waals surface area contributed by atoms with Gasteiger partial charge in [-0.05, 0) is 46.7 Å². The van der Waals surface area contributed by atoms with E-state index in [1.165, 1.54) is 11.3 Å². The fraction of sp³-hybridized carbons (Fsp3) is 0.367. The van der Waals surface area contributed by atoms with Crippen molar-refractivity contribution >= 4 is 35.1 Å². The molecule has 2 atom stereocenters. The Kier molecular flexibility index (Phi) is 11.7. The monoisotopic (exact) mass is 622 g/mol. The SMILES string of the molecule is CCCC[C@@H](COC(=O)N(Cc1ccc(N=[N+]=[N-])cc1)Cc1cccs1)NC(=O)N[C@@H](CC(=O)O)c1ccc2c(c1)OCO2. The summed E-state index contributed by atoms with van der Waals surface area (Å²) in [5.74, 6) is -0.0544. The summed E-state index contributed by atoms with van der Waals surface area (Å²) in [7, 11) is 0. The second-order valence-corrected chi connectivity index (χ2v) is 11.1. The van der Waals surface area contributed by atoms with Gasteiger partial charge in [0.1, 0.15) is 6.61 Å². The molecule has 3 N–H and O–H groups in total. The number of ether oxygens (including phenoxy) is 3. The fourth-order valence-electron chi connectivity index (χ4n) is 4.57. The number of carbonyl (C=O) groups excluding carboxylic acids is 2. The smallest absolute Gasteiger partial charge is 0.410 e. The molecule has 4 rings (SSSR count). The lowest BCUT2D eigenvalue weighted by molar-refractivity contribution is -0.137. The number of carboxylic acid groups (broad SMARTS) is 1. The first-order chi connectivity index (χ1) is 21.3. The highest BCUT2D eigenvalue weighted by Crippen LogP contribution is 2.34. The van der Waals surface area contributed by atoms with E-state index in [0.717, 1.165) is 23.3 Å². The Balaban J connectivity index is 1.40. The van der Waals surface area contributed by atoms with Crippen molar-refractivity contribution in [2.75, 3.05) is 13.4 Å². The van der Waals surface area contributed by atoms with Crippen molar-refractivity contribution in [2.45, 2.75) is 57.8 Å². The zero-order valence-electron chi connectivity index (χ0n) is 24.2. The van der Waals surface area contributed by atoms with Crippen molar-refractivity contribution in [3.8, 4) is 11.5 Å². The lowest BCUT2D eigenvalue weighted by Gasteiger charge is -2.25. The number of carboxylic acids is 1. The van der Waals surface area contributed by atoms with Crippen LogP contribution >= 0.6 is 11.3 Å². The predicted octanol–water partition coefficient (Wildman–Crippen LogP) is 6.63. The average molecular weight is 623 g/mol. The van der Waals surface area contributed by atoms with Gasteiger partial charge in [0.15, 0.2) is 11.5 Å². The normalized spacial score (nSPS) is 12.8. The van der Waals surface area contributed by atoms with Crippen molar-refractivity contribution in [1.82, 2.24) is 15.5 Å². The molecular weight excluding hydrogens is 588 g/mol. The molecule has 0 bridgehead atoms. The number of thiophene rings is 1. The summed E-state index contributed by atoms with van der Waals surface area (Å²) in [5, 5.41) is 20.6. The minimum atomic E-state index is -1.08. The molecule has 2 aromatic carbocycles. The van der Waals surface area contributed by atoms with Gasteiger partial charge in [-0.2, -0.15) is 0 Å². The number of fused-ring (bicyclic) bond motifs is 1. The first kappa shape index (κ1) is 32.0. The van der Waals surface area contributed by atoms with Crippen LogP contribution in [0.15, 0.2) is 65.1 Å². The van der Waals surface area contributed by atoms with Crippen LogP contribution in [0.2, 0.25) is 0 Å². The van der Waals surface area contributed by atoms with Gasteiger partial charge in [0.05, 0.1) is 25.0 Å². The van der Waals surface area contributed by atoms with Crippen molar-refractivity contribution < 1.29 is 33.7 Å². The van der Waals surface area contributed by atoms with E-state index in [4.69, 9.17) is 19.7 Å². The summed E-state index contributed by atoms with van der Waals surface area (Å²) >= 11 is 1.52. The van der Waals surface area contributed by atoms with Crippen molar-refractivity contribution in [1.29, 1.82) is 0 Å². The highest BCUT2D eigenvalue weighted by molar-refractivity contribution is 7.09. The summed E-state index contributed by atoms with van der Waals surface area (Å²) in [5.41, 5.74) is 10.5. The van der Waals surface area contributed by atoms with E-state index in [1.807, 2.05) is 24.4 Å². The summed E-state index contributed by atoms with van der Waals surface area (Å²) in [6.45, 7) is 2.60. The molecular formula is C30H34N6O7S. The number of benzene rings is 2. The first-order valence-electron chi connectivity index (χ1n) is 14.1. The molecule has 1 aliphatic rings. The molecule has 1 aromatic heterocycles. The Morgan fingerprint density at radius 1 is 1.11 bits per heavy atom. The van der Waals surface area contributed by atoms with Crippen LogP contribution in [0.5, 0.6) is 11.5 Å². The van der Waals surface area contributed by atoms with E-state index in [2.05, 4.69) is 20.7 Å². The molecule has 2 heterocycles. The number of azide groups is 1. The fourth-order valence-corrected chi connectivity index (χ4v) is 5.29. The molecule has 1 aliphatic heterocycles. The zero-order chi connectivity index (χ0) is 31.3. The molecule has 0 aliphatic carbocycles. The van der Waals surface area contributed by atoms with Crippen LogP contribution < -0.4 is 20.1 Å². The Hall–Kier alpha value is -4.94.